The van der Waals surface area contributed by atoms with Crippen LogP contribution >= 0.6 is 0 Å². The third kappa shape index (κ3) is 3.31. The number of benzene rings is 2. The third-order valence-electron chi connectivity index (χ3n) is 3.87. The molecule has 0 saturated carbocycles. The summed E-state index contributed by atoms with van der Waals surface area (Å²) in [5.74, 6) is -0.218. The molecular formula is C16H17N3O5S. The zero-order valence-corrected chi connectivity index (χ0v) is 14.2. The van der Waals surface area contributed by atoms with Crippen molar-refractivity contribution >= 4 is 27.5 Å². The fourth-order valence-electron chi connectivity index (χ4n) is 2.63. The van der Waals surface area contributed by atoms with Crippen molar-refractivity contribution in [3.05, 3.63) is 47.5 Å². The molecule has 1 heterocycles. The lowest BCUT2D eigenvalue weighted by Crippen LogP contribution is -2.29. The second-order valence-corrected chi connectivity index (χ2v) is 7.20. The van der Waals surface area contributed by atoms with Crippen molar-refractivity contribution in [2.24, 2.45) is 0 Å². The number of nitrogens with zero attached hydrogens (tertiary/aromatic N) is 1. The van der Waals surface area contributed by atoms with Crippen LogP contribution in [-0.2, 0) is 21.4 Å². The first-order valence-corrected chi connectivity index (χ1v) is 8.82. The minimum atomic E-state index is -3.96. The summed E-state index contributed by atoms with van der Waals surface area (Å²) < 4.78 is 31.6. The van der Waals surface area contributed by atoms with Crippen molar-refractivity contribution in [1.29, 1.82) is 0 Å². The molecule has 8 nitrogen and oxygen atoms in total. The van der Waals surface area contributed by atoms with E-state index in [0.717, 1.165) is 15.4 Å². The second-order valence-electron chi connectivity index (χ2n) is 5.60. The van der Waals surface area contributed by atoms with E-state index in [1.807, 2.05) is 4.72 Å². The van der Waals surface area contributed by atoms with Gasteiger partial charge in [-0.25, -0.2) is 9.03 Å². The number of phenolic OH excluding ortho intramolecular Hbond substituents is 1. The Hall–Kier alpha value is -2.94. The van der Waals surface area contributed by atoms with E-state index in [0.29, 0.717) is 17.9 Å². The monoisotopic (exact) mass is 363 g/mol. The molecule has 132 valence electrons. The molecule has 1 saturated heterocycles. The van der Waals surface area contributed by atoms with Crippen LogP contribution < -0.4 is 19.5 Å². The molecule has 3 rings (SSSR count). The number of hydrogen-bond acceptors (Lipinski definition) is 6. The van der Waals surface area contributed by atoms with Crippen LogP contribution in [0.1, 0.15) is 11.1 Å². The van der Waals surface area contributed by atoms with Gasteiger partial charge in [0.15, 0.2) is 0 Å². The van der Waals surface area contributed by atoms with E-state index >= 15 is 0 Å². The standard InChI is InChI=1S/C16H17N3O5S/c1-24-12-3-4-13(17)11(8-12)6-10-2-5-14(15(20)7-10)19-9-16(21)18-25(19,22)23/h2-5,7-8,20H,6,9,17H2,1H3,(H,18,21). The van der Waals surface area contributed by atoms with E-state index in [2.05, 4.69) is 0 Å². The number of nitrogens with two attached hydrogens (primary N) is 1. The van der Waals surface area contributed by atoms with Crippen LogP contribution in [0.25, 0.3) is 0 Å². The number of phenols is 1. The van der Waals surface area contributed by atoms with E-state index < -0.39 is 16.1 Å². The molecule has 1 aliphatic rings. The maximum Gasteiger partial charge on any atom is 0.326 e. The van der Waals surface area contributed by atoms with Crippen LogP contribution in [0.4, 0.5) is 11.4 Å². The molecule has 0 spiro atoms. The highest BCUT2D eigenvalue weighted by Gasteiger charge is 2.35. The van der Waals surface area contributed by atoms with Crippen LogP contribution in [0.3, 0.4) is 0 Å². The van der Waals surface area contributed by atoms with Crippen LogP contribution in [0.5, 0.6) is 11.5 Å². The summed E-state index contributed by atoms with van der Waals surface area (Å²) in [6, 6.07) is 9.86. The fourth-order valence-corrected chi connectivity index (χ4v) is 3.80. The molecular weight excluding hydrogens is 346 g/mol. The van der Waals surface area contributed by atoms with E-state index in [9.17, 15) is 18.3 Å². The summed E-state index contributed by atoms with van der Waals surface area (Å²) in [7, 11) is -2.40. The Morgan fingerprint density at radius 2 is 2.04 bits per heavy atom. The molecule has 2 aromatic carbocycles. The molecule has 1 fully saturated rings. The van der Waals surface area contributed by atoms with Crippen molar-refractivity contribution in [3.63, 3.8) is 0 Å². The highest BCUT2D eigenvalue weighted by atomic mass is 32.2. The Bertz CT molecular complexity index is 943. The molecule has 0 aliphatic carbocycles. The van der Waals surface area contributed by atoms with Crippen molar-refractivity contribution in [2.75, 3.05) is 23.7 Å². The molecule has 0 aromatic heterocycles. The van der Waals surface area contributed by atoms with Gasteiger partial charge in [0.25, 0.3) is 5.91 Å². The van der Waals surface area contributed by atoms with Gasteiger partial charge in [0.05, 0.1) is 12.8 Å². The summed E-state index contributed by atoms with van der Waals surface area (Å²) in [6.45, 7) is -0.363. The van der Waals surface area contributed by atoms with Crippen molar-refractivity contribution < 1.29 is 23.1 Å². The zero-order valence-electron chi connectivity index (χ0n) is 13.4. The lowest BCUT2D eigenvalue weighted by Gasteiger charge is -2.17. The zero-order chi connectivity index (χ0) is 18.2. The van der Waals surface area contributed by atoms with Gasteiger partial charge in [-0.3, -0.25) is 4.79 Å². The van der Waals surface area contributed by atoms with Crippen molar-refractivity contribution in [3.8, 4) is 11.5 Å². The van der Waals surface area contributed by atoms with Crippen LogP contribution in [-0.4, -0.2) is 33.1 Å². The van der Waals surface area contributed by atoms with E-state index in [1.54, 1.807) is 31.4 Å². The Morgan fingerprint density at radius 1 is 1.28 bits per heavy atom. The van der Waals surface area contributed by atoms with Gasteiger partial charge in [0.2, 0.25) is 0 Å². The second kappa shape index (κ2) is 6.17. The number of hydrogen-bond donors (Lipinski definition) is 3. The number of aromatic hydroxyl groups is 1. The fraction of sp³-hybridized carbons (Fsp3) is 0.188. The van der Waals surface area contributed by atoms with Gasteiger partial charge in [0.1, 0.15) is 18.0 Å². The predicted molar refractivity (Wildman–Crippen MR) is 92.7 cm³/mol. The smallest absolute Gasteiger partial charge is 0.326 e. The maximum atomic E-state index is 11.9. The quantitative estimate of drug-likeness (QED) is 0.689. The van der Waals surface area contributed by atoms with E-state index in [1.165, 1.54) is 12.1 Å². The van der Waals surface area contributed by atoms with Crippen LogP contribution in [0.15, 0.2) is 36.4 Å². The molecule has 0 atom stereocenters. The number of nitrogens with one attached hydrogen (secondary N) is 1. The average Bonchev–Trinajstić information content (AvgIpc) is 2.82. The number of carbonyl (C=O) groups is 1. The van der Waals surface area contributed by atoms with Crippen molar-refractivity contribution in [2.45, 2.75) is 6.42 Å². The summed E-state index contributed by atoms with van der Waals surface area (Å²) >= 11 is 0. The highest BCUT2D eigenvalue weighted by molar-refractivity contribution is 7.92. The number of rotatable bonds is 4. The number of anilines is 2. The number of methoxy groups -OCH3 is 1. The molecule has 4 N–H and O–H groups in total. The first-order valence-electron chi connectivity index (χ1n) is 7.38. The Kier molecular flexibility index (Phi) is 4.17. The molecule has 1 aliphatic heterocycles. The molecule has 2 aromatic rings. The first-order chi connectivity index (χ1) is 11.8. The van der Waals surface area contributed by atoms with Gasteiger partial charge >= 0.3 is 10.2 Å². The van der Waals surface area contributed by atoms with Gasteiger partial charge in [-0.05, 0) is 47.9 Å². The number of amides is 1. The van der Waals surface area contributed by atoms with Gasteiger partial charge in [0, 0.05) is 5.69 Å². The minimum absolute atomic E-state index is 0.0423. The summed E-state index contributed by atoms with van der Waals surface area (Å²) in [5.41, 5.74) is 8.14. The van der Waals surface area contributed by atoms with Gasteiger partial charge in [-0.15, -0.1) is 0 Å². The van der Waals surface area contributed by atoms with Gasteiger partial charge in [-0.1, -0.05) is 6.07 Å². The van der Waals surface area contributed by atoms with Crippen LogP contribution in [0, 0.1) is 0 Å². The lowest BCUT2D eigenvalue weighted by molar-refractivity contribution is -0.117. The minimum Gasteiger partial charge on any atom is -0.506 e. The molecule has 1 amide bonds. The van der Waals surface area contributed by atoms with Crippen LogP contribution in [0.2, 0.25) is 0 Å². The molecule has 9 heteroatoms. The van der Waals surface area contributed by atoms with E-state index in [-0.39, 0.29) is 18.0 Å². The Balaban J connectivity index is 1.89. The molecule has 25 heavy (non-hydrogen) atoms. The topological polar surface area (TPSA) is 122 Å². The summed E-state index contributed by atoms with van der Waals surface area (Å²) in [4.78, 5) is 11.3. The SMILES string of the molecule is COc1ccc(N)c(Cc2ccc(N3CC(=O)NS3(=O)=O)c(O)c2)c1. The molecule has 0 radical (unpaired) electrons. The largest absolute Gasteiger partial charge is 0.506 e. The van der Waals surface area contributed by atoms with Crippen molar-refractivity contribution in [1.82, 2.24) is 4.72 Å². The number of carbonyl (C=O) groups excluding carboxylic acids is 1. The number of ether oxygens (including phenoxy) is 1. The summed E-state index contributed by atoms with van der Waals surface area (Å²) in [6.07, 6.45) is 0.431. The summed E-state index contributed by atoms with van der Waals surface area (Å²) in [5, 5.41) is 10.2. The third-order valence-corrected chi connectivity index (χ3v) is 5.27. The number of nitrogen functional groups attached to an aromatic ring is 1. The first kappa shape index (κ1) is 16.9. The van der Waals surface area contributed by atoms with Gasteiger partial charge in [-0.2, -0.15) is 8.42 Å². The Labute approximate surface area is 145 Å². The van der Waals surface area contributed by atoms with E-state index in [4.69, 9.17) is 10.5 Å². The molecule has 0 bridgehead atoms. The highest BCUT2D eigenvalue weighted by Crippen LogP contribution is 2.32. The van der Waals surface area contributed by atoms with Gasteiger partial charge < -0.3 is 15.6 Å². The average molecular weight is 363 g/mol. The maximum absolute atomic E-state index is 11.9. The molecule has 0 unspecified atom stereocenters. The lowest BCUT2D eigenvalue weighted by atomic mass is 10.0. The normalized spacial score (nSPS) is 15.9. The Morgan fingerprint density at radius 3 is 2.64 bits per heavy atom. The predicted octanol–water partition coefficient (Wildman–Crippen LogP) is 0.755.